The third-order valence-electron chi connectivity index (χ3n) is 4.17. The van der Waals surface area contributed by atoms with Crippen LogP contribution in [0.4, 0.5) is 8.78 Å². The van der Waals surface area contributed by atoms with Gasteiger partial charge in [0.25, 0.3) is 5.56 Å². The molecular formula is C20H13F2N3O. The molecule has 128 valence electrons. The standard InChI is InChI=1S/C20H13F2N3O/c21-16-9-14(13-5-2-1-3-6-13)10-17(22)15(16)12-25-19(26)11-24-18-7-4-8-23-20(18)25/h1-11H,12H2. The summed E-state index contributed by atoms with van der Waals surface area (Å²) in [6, 6.07) is 14.9. The van der Waals surface area contributed by atoms with Crippen LogP contribution in [0, 0.1) is 11.6 Å². The normalized spacial score (nSPS) is 11.0. The second-order valence-corrected chi connectivity index (χ2v) is 5.81. The van der Waals surface area contributed by atoms with E-state index in [-0.39, 0.29) is 17.8 Å². The van der Waals surface area contributed by atoms with Crippen molar-refractivity contribution >= 4 is 11.2 Å². The molecule has 2 aromatic heterocycles. The van der Waals surface area contributed by atoms with Gasteiger partial charge in [-0.25, -0.2) is 18.7 Å². The molecule has 0 saturated carbocycles. The van der Waals surface area contributed by atoms with Crippen molar-refractivity contribution in [2.45, 2.75) is 6.54 Å². The predicted octanol–water partition coefficient (Wildman–Crippen LogP) is 3.79. The molecule has 0 spiro atoms. The summed E-state index contributed by atoms with van der Waals surface area (Å²) >= 11 is 0. The molecule has 0 aliphatic rings. The van der Waals surface area contributed by atoms with Crippen LogP contribution in [-0.4, -0.2) is 14.5 Å². The summed E-state index contributed by atoms with van der Waals surface area (Å²) in [6.45, 7) is -0.262. The van der Waals surface area contributed by atoms with E-state index in [0.717, 1.165) is 6.20 Å². The first-order chi connectivity index (χ1) is 12.6. The highest BCUT2D eigenvalue weighted by atomic mass is 19.1. The molecular weight excluding hydrogens is 336 g/mol. The fourth-order valence-corrected chi connectivity index (χ4v) is 2.86. The average Bonchev–Trinajstić information content (AvgIpc) is 2.66. The summed E-state index contributed by atoms with van der Waals surface area (Å²) in [4.78, 5) is 20.3. The molecule has 0 aliphatic heterocycles. The van der Waals surface area contributed by atoms with Crippen LogP contribution in [0.5, 0.6) is 0 Å². The highest BCUT2D eigenvalue weighted by Crippen LogP contribution is 2.25. The molecule has 4 nitrogen and oxygen atoms in total. The zero-order valence-electron chi connectivity index (χ0n) is 13.6. The first kappa shape index (κ1) is 16.1. The van der Waals surface area contributed by atoms with Gasteiger partial charge in [0, 0.05) is 11.8 Å². The zero-order chi connectivity index (χ0) is 18.1. The van der Waals surface area contributed by atoms with Crippen LogP contribution in [-0.2, 0) is 6.54 Å². The molecule has 6 heteroatoms. The summed E-state index contributed by atoms with van der Waals surface area (Å²) in [5.74, 6) is -1.42. The molecule has 4 rings (SSSR count). The number of aromatic nitrogens is 3. The van der Waals surface area contributed by atoms with Gasteiger partial charge in [0.1, 0.15) is 17.2 Å². The summed E-state index contributed by atoms with van der Waals surface area (Å²) in [5.41, 5.74) is 1.26. The van der Waals surface area contributed by atoms with Gasteiger partial charge in [-0.05, 0) is 35.4 Å². The molecule has 0 N–H and O–H groups in total. The third kappa shape index (κ3) is 2.86. The lowest BCUT2D eigenvalue weighted by Crippen LogP contribution is -2.23. The first-order valence-electron chi connectivity index (χ1n) is 7.97. The smallest absolute Gasteiger partial charge is 0.270 e. The largest absolute Gasteiger partial charge is 0.285 e. The highest BCUT2D eigenvalue weighted by molar-refractivity contribution is 5.69. The van der Waals surface area contributed by atoms with Crippen molar-refractivity contribution in [3.63, 3.8) is 0 Å². The molecule has 2 aromatic carbocycles. The quantitative estimate of drug-likeness (QED) is 0.565. The number of benzene rings is 2. The van der Waals surface area contributed by atoms with Crippen molar-refractivity contribution in [2.75, 3.05) is 0 Å². The van der Waals surface area contributed by atoms with E-state index in [9.17, 15) is 13.6 Å². The topological polar surface area (TPSA) is 47.8 Å². The van der Waals surface area contributed by atoms with Crippen LogP contribution in [0.2, 0.25) is 0 Å². The number of fused-ring (bicyclic) bond motifs is 1. The Morgan fingerprint density at radius 2 is 1.62 bits per heavy atom. The Labute approximate surface area is 147 Å². The molecule has 2 heterocycles. The second-order valence-electron chi connectivity index (χ2n) is 5.81. The van der Waals surface area contributed by atoms with E-state index in [0.29, 0.717) is 16.6 Å². The van der Waals surface area contributed by atoms with Gasteiger partial charge in [-0.2, -0.15) is 0 Å². The summed E-state index contributed by atoms with van der Waals surface area (Å²) < 4.78 is 30.5. The maximum Gasteiger partial charge on any atom is 0.270 e. The number of hydrogen-bond acceptors (Lipinski definition) is 3. The Hall–Kier alpha value is -3.41. The maximum atomic E-state index is 14.6. The Kier molecular flexibility index (Phi) is 4.01. The lowest BCUT2D eigenvalue weighted by atomic mass is 10.0. The monoisotopic (exact) mass is 349 g/mol. The van der Waals surface area contributed by atoms with E-state index < -0.39 is 17.2 Å². The van der Waals surface area contributed by atoms with Crippen molar-refractivity contribution in [2.24, 2.45) is 0 Å². The molecule has 4 aromatic rings. The van der Waals surface area contributed by atoms with Gasteiger partial charge < -0.3 is 0 Å². The minimum Gasteiger partial charge on any atom is -0.285 e. The molecule has 0 aliphatic carbocycles. The van der Waals surface area contributed by atoms with Gasteiger partial charge in [0.15, 0.2) is 5.65 Å². The van der Waals surface area contributed by atoms with Crippen molar-refractivity contribution < 1.29 is 8.78 Å². The Morgan fingerprint density at radius 3 is 2.35 bits per heavy atom. The minimum absolute atomic E-state index is 0.190. The first-order valence-corrected chi connectivity index (χ1v) is 7.97. The Balaban J connectivity index is 1.81. The van der Waals surface area contributed by atoms with Gasteiger partial charge in [-0.15, -0.1) is 0 Å². The zero-order valence-corrected chi connectivity index (χ0v) is 13.6. The molecule has 0 amide bonds. The van der Waals surface area contributed by atoms with Gasteiger partial charge in [-0.1, -0.05) is 30.3 Å². The summed E-state index contributed by atoms with van der Waals surface area (Å²) in [7, 11) is 0. The second kappa shape index (κ2) is 6.48. The van der Waals surface area contributed by atoms with Crippen molar-refractivity contribution in [3.8, 4) is 11.1 Å². The van der Waals surface area contributed by atoms with Gasteiger partial charge in [0.05, 0.1) is 12.7 Å². The average molecular weight is 349 g/mol. The van der Waals surface area contributed by atoms with E-state index in [4.69, 9.17) is 0 Å². The molecule has 0 saturated heterocycles. The minimum atomic E-state index is -0.711. The fourth-order valence-electron chi connectivity index (χ4n) is 2.86. The van der Waals surface area contributed by atoms with Crippen molar-refractivity contribution in [1.82, 2.24) is 14.5 Å². The van der Waals surface area contributed by atoms with E-state index >= 15 is 0 Å². The van der Waals surface area contributed by atoms with Gasteiger partial charge in [-0.3, -0.25) is 9.36 Å². The number of pyridine rings is 1. The molecule has 0 bridgehead atoms. The van der Waals surface area contributed by atoms with E-state index in [1.807, 2.05) is 6.07 Å². The van der Waals surface area contributed by atoms with Gasteiger partial charge in [0.2, 0.25) is 0 Å². The van der Waals surface area contributed by atoms with E-state index in [1.165, 1.54) is 22.9 Å². The van der Waals surface area contributed by atoms with Crippen LogP contribution in [0.15, 0.2) is 71.8 Å². The number of nitrogens with zero attached hydrogens (tertiary/aromatic N) is 3. The molecule has 26 heavy (non-hydrogen) atoms. The van der Waals surface area contributed by atoms with Crippen LogP contribution < -0.4 is 5.56 Å². The van der Waals surface area contributed by atoms with Crippen molar-refractivity contribution in [1.29, 1.82) is 0 Å². The number of hydrogen-bond donors (Lipinski definition) is 0. The summed E-state index contributed by atoms with van der Waals surface area (Å²) in [5, 5.41) is 0. The SMILES string of the molecule is O=c1cnc2cccnc2n1Cc1c(F)cc(-c2ccccc2)cc1F. The Morgan fingerprint density at radius 1 is 0.885 bits per heavy atom. The fraction of sp³-hybridized carbons (Fsp3) is 0.0500. The number of rotatable bonds is 3. The third-order valence-corrected chi connectivity index (χ3v) is 4.17. The molecule has 0 radical (unpaired) electrons. The van der Waals surface area contributed by atoms with Crippen LogP contribution in [0.3, 0.4) is 0 Å². The number of halogens is 2. The van der Waals surface area contributed by atoms with Crippen LogP contribution >= 0.6 is 0 Å². The van der Waals surface area contributed by atoms with E-state index in [2.05, 4.69) is 9.97 Å². The summed E-state index contributed by atoms with van der Waals surface area (Å²) in [6.07, 6.45) is 2.63. The molecule has 0 unspecified atom stereocenters. The van der Waals surface area contributed by atoms with Crippen LogP contribution in [0.1, 0.15) is 5.56 Å². The lowest BCUT2D eigenvalue weighted by Gasteiger charge is -2.12. The molecule has 0 atom stereocenters. The van der Waals surface area contributed by atoms with Crippen LogP contribution in [0.25, 0.3) is 22.3 Å². The highest BCUT2D eigenvalue weighted by Gasteiger charge is 2.15. The van der Waals surface area contributed by atoms with Crippen molar-refractivity contribution in [3.05, 3.63) is 94.5 Å². The predicted molar refractivity (Wildman–Crippen MR) is 94.7 cm³/mol. The van der Waals surface area contributed by atoms with Gasteiger partial charge >= 0.3 is 0 Å². The maximum absolute atomic E-state index is 14.6. The lowest BCUT2D eigenvalue weighted by molar-refractivity contribution is 0.544. The van der Waals surface area contributed by atoms with E-state index in [1.54, 1.807) is 36.4 Å². The molecule has 0 fully saturated rings. The Bertz CT molecular complexity index is 1130.